The van der Waals surface area contributed by atoms with E-state index >= 15 is 0 Å². The minimum Gasteiger partial charge on any atom is -0.496 e. The van der Waals surface area contributed by atoms with Crippen LogP contribution in [0.3, 0.4) is 0 Å². The maximum Gasteiger partial charge on any atom is 0.416 e. The lowest BCUT2D eigenvalue weighted by Crippen LogP contribution is -2.05. The highest BCUT2D eigenvalue weighted by molar-refractivity contribution is 5.93. The minimum absolute atomic E-state index is 0.407. The molecule has 0 saturated carbocycles. The van der Waals surface area contributed by atoms with Crippen LogP contribution in [0.15, 0.2) is 67.1 Å². The number of methoxy groups -OCH3 is 1. The summed E-state index contributed by atoms with van der Waals surface area (Å²) < 4.78 is 46.7. The first-order valence-corrected chi connectivity index (χ1v) is 8.12. The van der Waals surface area contributed by atoms with E-state index in [9.17, 15) is 13.2 Å². The highest BCUT2D eigenvalue weighted by Gasteiger charge is 2.31. The van der Waals surface area contributed by atoms with Gasteiger partial charge in [0.1, 0.15) is 12.1 Å². The molecule has 0 saturated heterocycles. The second-order valence-corrected chi connectivity index (χ2v) is 5.91. The van der Waals surface area contributed by atoms with Crippen molar-refractivity contribution in [3.63, 3.8) is 0 Å². The van der Waals surface area contributed by atoms with Gasteiger partial charge in [0.15, 0.2) is 5.65 Å². The van der Waals surface area contributed by atoms with E-state index in [0.29, 0.717) is 28.1 Å². The number of hydrogen-bond donors (Lipinski definition) is 0. The Morgan fingerprint density at radius 3 is 2.56 bits per heavy atom. The van der Waals surface area contributed by atoms with Crippen molar-refractivity contribution in [3.05, 3.63) is 72.7 Å². The minimum atomic E-state index is -4.43. The fourth-order valence-electron chi connectivity index (χ4n) is 3.11. The van der Waals surface area contributed by atoms with Crippen molar-refractivity contribution >= 4 is 5.65 Å². The van der Waals surface area contributed by atoms with Crippen LogP contribution in [0.25, 0.3) is 27.9 Å². The van der Waals surface area contributed by atoms with Gasteiger partial charge in [-0.2, -0.15) is 18.3 Å². The number of pyridine rings is 1. The Kier molecular flexibility index (Phi) is 4.07. The molecule has 0 aliphatic heterocycles. The number of nitrogens with zero attached hydrogens (tertiary/aromatic N) is 3. The van der Waals surface area contributed by atoms with Crippen LogP contribution in [0.5, 0.6) is 5.75 Å². The van der Waals surface area contributed by atoms with Crippen molar-refractivity contribution in [2.24, 2.45) is 0 Å². The number of fused-ring (bicyclic) bond motifs is 1. The largest absolute Gasteiger partial charge is 0.496 e. The first-order valence-electron chi connectivity index (χ1n) is 8.12. The second kappa shape index (κ2) is 6.42. The summed E-state index contributed by atoms with van der Waals surface area (Å²) in [7, 11) is 1.55. The third-order valence-electron chi connectivity index (χ3n) is 4.32. The van der Waals surface area contributed by atoms with Crippen molar-refractivity contribution in [2.75, 3.05) is 7.11 Å². The van der Waals surface area contributed by atoms with Crippen LogP contribution >= 0.6 is 0 Å². The highest BCUT2D eigenvalue weighted by atomic mass is 19.4. The summed E-state index contributed by atoms with van der Waals surface area (Å²) in [5.41, 5.74) is 2.20. The number of hydrogen-bond acceptors (Lipinski definition) is 3. The Morgan fingerprint density at radius 1 is 0.963 bits per heavy atom. The van der Waals surface area contributed by atoms with Crippen molar-refractivity contribution in [2.45, 2.75) is 6.18 Å². The normalized spacial score (nSPS) is 11.7. The molecular formula is C20H14F3N3O. The molecule has 0 amide bonds. The molecule has 0 unspecified atom stereocenters. The number of alkyl halides is 3. The zero-order valence-corrected chi connectivity index (χ0v) is 14.2. The van der Waals surface area contributed by atoms with Crippen molar-refractivity contribution in [3.8, 4) is 28.0 Å². The van der Waals surface area contributed by atoms with Gasteiger partial charge >= 0.3 is 6.18 Å². The van der Waals surface area contributed by atoms with E-state index in [-0.39, 0.29) is 0 Å². The number of halogens is 3. The molecule has 0 fully saturated rings. The van der Waals surface area contributed by atoms with Crippen LogP contribution in [0, 0.1) is 0 Å². The van der Waals surface area contributed by atoms with E-state index in [0.717, 1.165) is 17.7 Å². The summed E-state index contributed by atoms with van der Waals surface area (Å²) in [6.45, 7) is 0. The van der Waals surface area contributed by atoms with Crippen molar-refractivity contribution in [1.82, 2.24) is 14.6 Å². The van der Waals surface area contributed by atoms with Crippen molar-refractivity contribution in [1.29, 1.82) is 0 Å². The van der Waals surface area contributed by atoms with Crippen LogP contribution < -0.4 is 4.74 Å². The fraction of sp³-hybridized carbons (Fsp3) is 0.100. The Morgan fingerprint density at radius 2 is 1.78 bits per heavy atom. The van der Waals surface area contributed by atoms with E-state index in [4.69, 9.17) is 4.74 Å². The number of ether oxygens (including phenoxy) is 1. The molecule has 0 radical (unpaired) electrons. The SMILES string of the molecule is COc1ccccc1-c1ccn2ncnc2c1-c1cccc(C(F)(F)F)c1. The molecule has 4 rings (SSSR count). The van der Waals surface area contributed by atoms with Gasteiger partial charge in [0.05, 0.1) is 12.7 Å². The summed E-state index contributed by atoms with van der Waals surface area (Å²) in [4.78, 5) is 4.26. The molecule has 4 nitrogen and oxygen atoms in total. The maximum absolute atomic E-state index is 13.2. The van der Waals surface area contributed by atoms with Crippen LogP contribution in [0.1, 0.15) is 5.56 Å². The Labute approximate surface area is 152 Å². The van der Waals surface area contributed by atoms with Gasteiger partial charge in [0, 0.05) is 17.3 Å². The first-order chi connectivity index (χ1) is 13.0. The molecule has 0 spiro atoms. The summed E-state index contributed by atoms with van der Waals surface area (Å²) in [5.74, 6) is 0.620. The predicted molar refractivity (Wildman–Crippen MR) is 95.4 cm³/mol. The molecular weight excluding hydrogens is 355 g/mol. The second-order valence-electron chi connectivity index (χ2n) is 5.91. The molecule has 0 bridgehead atoms. The zero-order valence-electron chi connectivity index (χ0n) is 14.2. The molecule has 0 N–H and O–H groups in total. The van der Waals surface area contributed by atoms with Crippen molar-refractivity contribution < 1.29 is 17.9 Å². The molecule has 27 heavy (non-hydrogen) atoms. The number of para-hydroxylation sites is 1. The first kappa shape index (κ1) is 17.1. The third kappa shape index (κ3) is 3.01. The number of rotatable bonds is 3. The molecule has 2 heterocycles. The molecule has 0 aliphatic rings. The summed E-state index contributed by atoms with van der Waals surface area (Å²) >= 11 is 0. The molecule has 2 aromatic heterocycles. The number of benzene rings is 2. The van der Waals surface area contributed by atoms with Crippen LogP contribution in [-0.4, -0.2) is 21.7 Å². The molecule has 4 aromatic rings. The van der Waals surface area contributed by atoms with E-state index < -0.39 is 11.7 Å². The predicted octanol–water partition coefficient (Wildman–Crippen LogP) is 5.09. The van der Waals surface area contributed by atoms with Gasteiger partial charge < -0.3 is 4.74 Å². The topological polar surface area (TPSA) is 39.4 Å². The lowest BCUT2D eigenvalue weighted by atomic mass is 9.94. The zero-order chi connectivity index (χ0) is 19.0. The van der Waals surface area contributed by atoms with E-state index in [1.165, 1.54) is 16.9 Å². The molecule has 0 aliphatic carbocycles. The van der Waals surface area contributed by atoms with Gasteiger partial charge in [0.2, 0.25) is 0 Å². The molecule has 0 atom stereocenters. The smallest absolute Gasteiger partial charge is 0.416 e. The Hall–Kier alpha value is -3.35. The van der Waals surface area contributed by atoms with Gasteiger partial charge in [-0.05, 0) is 35.4 Å². The monoisotopic (exact) mass is 369 g/mol. The van der Waals surface area contributed by atoms with Gasteiger partial charge in [-0.25, -0.2) is 9.50 Å². The van der Waals surface area contributed by atoms with Gasteiger partial charge in [-0.15, -0.1) is 0 Å². The summed E-state index contributed by atoms with van der Waals surface area (Å²) in [5, 5.41) is 4.11. The number of aromatic nitrogens is 3. The average Bonchev–Trinajstić information content (AvgIpc) is 3.15. The lowest BCUT2D eigenvalue weighted by molar-refractivity contribution is -0.137. The standard InChI is InChI=1S/C20H14F3N3O/c1-27-17-8-3-2-7-15(17)16-9-10-26-19(24-12-25-26)18(16)13-5-4-6-14(11-13)20(21,22)23/h2-12H,1H3. The van der Waals surface area contributed by atoms with Gasteiger partial charge in [-0.1, -0.05) is 30.3 Å². The van der Waals surface area contributed by atoms with Gasteiger partial charge in [-0.3, -0.25) is 0 Å². The fourth-order valence-corrected chi connectivity index (χ4v) is 3.11. The summed E-state index contributed by atoms with van der Waals surface area (Å²) in [6, 6.07) is 14.4. The molecule has 2 aromatic carbocycles. The molecule has 136 valence electrons. The highest BCUT2D eigenvalue weighted by Crippen LogP contribution is 2.40. The Balaban J connectivity index is 2.04. The van der Waals surface area contributed by atoms with E-state index in [1.54, 1.807) is 31.5 Å². The molecule has 7 heteroatoms. The van der Waals surface area contributed by atoms with Crippen LogP contribution in [-0.2, 0) is 6.18 Å². The Bertz CT molecular complexity index is 1120. The van der Waals surface area contributed by atoms with Crippen LogP contribution in [0.2, 0.25) is 0 Å². The van der Waals surface area contributed by atoms with E-state index in [2.05, 4.69) is 10.1 Å². The van der Waals surface area contributed by atoms with E-state index in [1.807, 2.05) is 18.2 Å². The summed E-state index contributed by atoms with van der Waals surface area (Å²) in [6.07, 6.45) is -1.33. The lowest BCUT2D eigenvalue weighted by Gasteiger charge is -2.15. The quantitative estimate of drug-likeness (QED) is 0.505. The third-order valence-corrected chi connectivity index (χ3v) is 4.32. The average molecular weight is 369 g/mol. The van der Waals surface area contributed by atoms with Crippen LogP contribution in [0.4, 0.5) is 13.2 Å². The maximum atomic E-state index is 13.2. The van der Waals surface area contributed by atoms with Gasteiger partial charge in [0.25, 0.3) is 0 Å².